The zero-order chi connectivity index (χ0) is 16.3. The predicted octanol–water partition coefficient (Wildman–Crippen LogP) is 3.19. The molecule has 1 fully saturated rings. The lowest BCUT2D eigenvalue weighted by Crippen LogP contribution is -2.45. The van der Waals surface area contributed by atoms with E-state index in [4.69, 9.17) is 0 Å². The summed E-state index contributed by atoms with van der Waals surface area (Å²) in [6.07, 6.45) is 5.88. The number of nitrogens with zero attached hydrogens (tertiary/aromatic N) is 2. The summed E-state index contributed by atoms with van der Waals surface area (Å²) in [5, 5.41) is 6.89. The van der Waals surface area contributed by atoms with Crippen LogP contribution in [0.25, 0.3) is 0 Å². The highest BCUT2D eigenvalue weighted by Gasteiger charge is 2.24. The molecule has 2 N–H and O–H groups in total. The van der Waals surface area contributed by atoms with Gasteiger partial charge in [0.1, 0.15) is 0 Å². The monoisotopic (exact) mass is 462 g/mol. The van der Waals surface area contributed by atoms with Gasteiger partial charge in [0.25, 0.3) is 0 Å². The third-order valence-electron chi connectivity index (χ3n) is 4.27. The molecular weight excluding hydrogens is 431 g/mol. The zero-order valence-corrected chi connectivity index (χ0v) is 18.0. The Labute approximate surface area is 168 Å². The molecule has 1 atom stereocenters. The van der Waals surface area contributed by atoms with Gasteiger partial charge in [-0.1, -0.05) is 30.3 Å². The van der Waals surface area contributed by atoms with Crippen molar-refractivity contribution in [2.75, 3.05) is 38.7 Å². The number of halogens is 1. The van der Waals surface area contributed by atoms with E-state index in [9.17, 15) is 0 Å². The van der Waals surface area contributed by atoms with Gasteiger partial charge in [0.2, 0.25) is 0 Å². The smallest absolute Gasteiger partial charge is 0.191 e. The Kier molecular flexibility index (Phi) is 11.5. The predicted molar refractivity (Wildman–Crippen MR) is 118 cm³/mol. The van der Waals surface area contributed by atoms with Gasteiger partial charge in [0.05, 0.1) is 0 Å². The molecule has 1 aromatic rings. The summed E-state index contributed by atoms with van der Waals surface area (Å²) in [7, 11) is 1.85. The van der Waals surface area contributed by atoms with Gasteiger partial charge in [0, 0.05) is 32.7 Å². The van der Waals surface area contributed by atoms with E-state index in [0.29, 0.717) is 6.04 Å². The van der Waals surface area contributed by atoms with Gasteiger partial charge >= 0.3 is 0 Å². The Morgan fingerprint density at radius 3 is 2.79 bits per heavy atom. The summed E-state index contributed by atoms with van der Waals surface area (Å²) < 4.78 is 0. The Bertz CT molecular complexity index is 469. The van der Waals surface area contributed by atoms with Crippen molar-refractivity contribution in [2.45, 2.75) is 31.8 Å². The molecule has 0 saturated carbocycles. The second-order valence-electron chi connectivity index (χ2n) is 5.98. The highest BCUT2D eigenvalue weighted by atomic mass is 127. The summed E-state index contributed by atoms with van der Waals surface area (Å²) in [6.45, 7) is 4.20. The van der Waals surface area contributed by atoms with Crippen molar-refractivity contribution >= 4 is 41.7 Å². The summed E-state index contributed by atoms with van der Waals surface area (Å²) in [4.78, 5) is 6.91. The molecular formula is C18H31IN4S. The van der Waals surface area contributed by atoms with Crippen LogP contribution in [0.3, 0.4) is 0 Å². The first kappa shape index (κ1) is 21.6. The molecule has 6 heteroatoms. The topological polar surface area (TPSA) is 39.7 Å². The van der Waals surface area contributed by atoms with Crippen LogP contribution in [0.15, 0.2) is 35.3 Å². The van der Waals surface area contributed by atoms with E-state index in [1.54, 1.807) is 0 Å². The lowest BCUT2D eigenvalue weighted by molar-refractivity contribution is 0.245. The van der Waals surface area contributed by atoms with Crippen molar-refractivity contribution in [1.29, 1.82) is 0 Å². The Hall–Kier alpha value is -0.470. The summed E-state index contributed by atoms with van der Waals surface area (Å²) in [5.41, 5.74) is 1.40. The molecule has 0 radical (unpaired) electrons. The number of likely N-dealkylation sites (tertiary alicyclic amines) is 1. The number of rotatable bonds is 8. The van der Waals surface area contributed by atoms with Gasteiger partial charge in [-0.3, -0.25) is 9.89 Å². The van der Waals surface area contributed by atoms with Crippen LogP contribution >= 0.6 is 35.7 Å². The first-order chi connectivity index (χ1) is 11.3. The molecule has 1 unspecified atom stereocenters. The van der Waals surface area contributed by atoms with Gasteiger partial charge in [0.15, 0.2) is 5.96 Å². The Balaban J connectivity index is 0.00000288. The van der Waals surface area contributed by atoms with Crippen LogP contribution in [0.4, 0.5) is 0 Å². The molecule has 1 aromatic carbocycles. The van der Waals surface area contributed by atoms with Crippen molar-refractivity contribution in [1.82, 2.24) is 15.5 Å². The van der Waals surface area contributed by atoms with Crippen LogP contribution < -0.4 is 10.6 Å². The fraction of sp³-hybridized carbons (Fsp3) is 0.611. The molecule has 1 saturated heterocycles. The fourth-order valence-corrected chi connectivity index (χ4v) is 3.44. The summed E-state index contributed by atoms with van der Waals surface area (Å²) >= 11 is 1.89. The van der Waals surface area contributed by atoms with Gasteiger partial charge < -0.3 is 10.6 Å². The molecule has 2 rings (SSSR count). The molecule has 0 aromatic heterocycles. The molecule has 4 nitrogen and oxygen atoms in total. The molecule has 0 amide bonds. The highest BCUT2D eigenvalue weighted by molar-refractivity contribution is 14.0. The number of benzene rings is 1. The number of thioether (sulfide) groups is 1. The van der Waals surface area contributed by atoms with E-state index < -0.39 is 0 Å². The number of hydrogen-bond donors (Lipinski definition) is 2. The van der Waals surface area contributed by atoms with Crippen molar-refractivity contribution < 1.29 is 0 Å². The van der Waals surface area contributed by atoms with Gasteiger partial charge in [-0.2, -0.15) is 11.8 Å². The van der Waals surface area contributed by atoms with Crippen LogP contribution in [0, 0.1) is 0 Å². The molecule has 1 aliphatic heterocycles. The normalized spacial score (nSPS) is 18.2. The maximum Gasteiger partial charge on any atom is 0.191 e. The van der Waals surface area contributed by atoms with Crippen molar-refractivity contribution in [3.05, 3.63) is 35.9 Å². The Morgan fingerprint density at radius 2 is 2.08 bits per heavy atom. The van der Waals surface area contributed by atoms with Crippen LogP contribution in [0.2, 0.25) is 0 Å². The van der Waals surface area contributed by atoms with E-state index in [0.717, 1.165) is 25.6 Å². The molecule has 24 heavy (non-hydrogen) atoms. The van der Waals surface area contributed by atoms with Gasteiger partial charge in [-0.15, -0.1) is 24.0 Å². The van der Waals surface area contributed by atoms with Gasteiger partial charge in [-0.05, 0) is 43.4 Å². The highest BCUT2D eigenvalue weighted by Crippen LogP contribution is 2.19. The first-order valence-electron chi connectivity index (χ1n) is 8.55. The van der Waals surface area contributed by atoms with E-state index in [-0.39, 0.29) is 24.0 Å². The minimum atomic E-state index is 0. The maximum absolute atomic E-state index is 4.32. The third kappa shape index (κ3) is 7.61. The number of guanidine groups is 1. The first-order valence-corrected chi connectivity index (χ1v) is 9.94. The third-order valence-corrected chi connectivity index (χ3v) is 4.97. The van der Waals surface area contributed by atoms with E-state index in [2.05, 4.69) is 57.1 Å². The van der Waals surface area contributed by atoms with Crippen molar-refractivity contribution in [2.24, 2.45) is 4.99 Å². The average molecular weight is 462 g/mol. The number of aliphatic imine (C=N–C) groups is 1. The Morgan fingerprint density at radius 1 is 1.29 bits per heavy atom. The lowest BCUT2D eigenvalue weighted by Gasteiger charge is -2.25. The van der Waals surface area contributed by atoms with Crippen molar-refractivity contribution in [3.63, 3.8) is 0 Å². The maximum atomic E-state index is 4.32. The lowest BCUT2D eigenvalue weighted by atomic mass is 10.2. The molecule has 1 heterocycles. The largest absolute Gasteiger partial charge is 0.356 e. The van der Waals surface area contributed by atoms with Crippen LogP contribution in [0.1, 0.15) is 24.8 Å². The van der Waals surface area contributed by atoms with E-state index in [1.807, 2.05) is 18.8 Å². The van der Waals surface area contributed by atoms with Crippen LogP contribution in [-0.4, -0.2) is 55.6 Å². The minimum absolute atomic E-state index is 0. The second-order valence-corrected chi connectivity index (χ2v) is 6.96. The number of nitrogens with one attached hydrogen (secondary N) is 2. The average Bonchev–Trinajstić information content (AvgIpc) is 3.02. The van der Waals surface area contributed by atoms with E-state index in [1.165, 1.54) is 37.1 Å². The molecule has 0 spiro atoms. The summed E-state index contributed by atoms with van der Waals surface area (Å²) in [6, 6.07) is 11.4. The fourth-order valence-electron chi connectivity index (χ4n) is 3.01. The second kappa shape index (κ2) is 12.8. The minimum Gasteiger partial charge on any atom is -0.356 e. The summed E-state index contributed by atoms with van der Waals surface area (Å²) in [5.74, 6) is 2.12. The molecule has 0 aliphatic carbocycles. The van der Waals surface area contributed by atoms with Crippen LogP contribution in [-0.2, 0) is 6.54 Å². The number of hydrogen-bond acceptors (Lipinski definition) is 3. The zero-order valence-electron chi connectivity index (χ0n) is 14.8. The standard InChI is InChI=1S/C18H30N4S.HI/c1-19-18(20-11-7-13-23-2)21-14-17-10-6-12-22(17)15-16-8-4-3-5-9-16;/h3-5,8-9,17H,6-7,10-15H2,1-2H3,(H2,19,20,21);1H. The van der Waals surface area contributed by atoms with E-state index >= 15 is 0 Å². The van der Waals surface area contributed by atoms with Crippen molar-refractivity contribution in [3.8, 4) is 0 Å². The molecule has 136 valence electrons. The quantitative estimate of drug-likeness (QED) is 0.270. The van der Waals surface area contributed by atoms with Gasteiger partial charge in [-0.25, -0.2) is 0 Å². The molecule has 0 bridgehead atoms. The molecule has 1 aliphatic rings. The SMILES string of the molecule is CN=C(NCCCSC)NCC1CCCN1Cc1ccccc1.I. The van der Waals surface area contributed by atoms with Crippen LogP contribution in [0.5, 0.6) is 0 Å².